The summed E-state index contributed by atoms with van der Waals surface area (Å²) in [6, 6.07) is 7.89. The van der Waals surface area contributed by atoms with E-state index < -0.39 is 0 Å². The van der Waals surface area contributed by atoms with Gasteiger partial charge < -0.3 is 5.32 Å². The molecule has 3 rings (SSSR count). The number of carbonyl (C=O) groups is 1. The van der Waals surface area contributed by atoms with Gasteiger partial charge >= 0.3 is 0 Å². The van der Waals surface area contributed by atoms with Gasteiger partial charge in [0.15, 0.2) is 4.34 Å². The first-order chi connectivity index (χ1) is 12.5. The van der Waals surface area contributed by atoms with E-state index in [0.29, 0.717) is 10.4 Å². The number of nitrogens with zero attached hydrogens (tertiary/aromatic N) is 3. The van der Waals surface area contributed by atoms with Crippen LogP contribution in [-0.4, -0.2) is 39.3 Å². The number of aromatic nitrogens is 2. The van der Waals surface area contributed by atoms with E-state index in [1.807, 2.05) is 24.3 Å². The summed E-state index contributed by atoms with van der Waals surface area (Å²) < 4.78 is 0.888. The molecule has 140 valence electrons. The SMILES string of the molecule is CC(C)Sc1nnc(NC(=O)[C@@H]2CCCN(Cc3ccccc3Cl)C2)s1. The molecule has 1 atom stereocenters. The maximum atomic E-state index is 12.6. The molecular formula is C18H23ClN4OS2. The van der Waals surface area contributed by atoms with Crippen molar-refractivity contribution in [3.05, 3.63) is 34.9 Å². The Balaban J connectivity index is 1.56. The van der Waals surface area contributed by atoms with E-state index in [-0.39, 0.29) is 11.8 Å². The highest BCUT2D eigenvalue weighted by atomic mass is 35.5. The third kappa shape index (κ3) is 5.42. The van der Waals surface area contributed by atoms with E-state index >= 15 is 0 Å². The van der Waals surface area contributed by atoms with Crippen LogP contribution in [0.4, 0.5) is 5.13 Å². The maximum Gasteiger partial charge on any atom is 0.230 e. The quantitative estimate of drug-likeness (QED) is 0.559. The van der Waals surface area contributed by atoms with Gasteiger partial charge in [0.25, 0.3) is 0 Å². The van der Waals surface area contributed by atoms with Crippen LogP contribution in [0.5, 0.6) is 0 Å². The van der Waals surface area contributed by atoms with Crippen LogP contribution in [0, 0.1) is 5.92 Å². The average Bonchev–Trinajstić information content (AvgIpc) is 3.03. The Morgan fingerprint density at radius 2 is 2.23 bits per heavy atom. The van der Waals surface area contributed by atoms with E-state index in [9.17, 15) is 4.79 Å². The highest BCUT2D eigenvalue weighted by Crippen LogP contribution is 2.29. The lowest BCUT2D eigenvalue weighted by Gasteiger charge is -2.32. The number of hydrogen-bond donors (Lipinski definition) is 1. The fourth-order valence-electron chi connectivity index (χ4n) is 3.00. The average molecular weight is 411 g/mol. The van der Waals surface area contributed by atoms with Crippen molar-refractivity contribution in [3.63, 3.8) is 0 Å². The molecule has 1 saturated heterocycles. The van der Waals surface area contributed by atoms with E-state index in [2.05, 4.69) is 34.3 Å². The van der Waals surface area contributed by atoms with Crippen LogP contribution < -0.4 is 5.32 Å². The first kappa shape index (κ1) is 19.6. The number of likely N-dealkylation sites (tertiary alicyclic amines) is 1. The van der Waals surface area contributed by atoms with Crippen molar-refractivity contribution in [2.75, 3.05) is 18.4 Å². The largest absolute Gasteiger partial charge is 0.300 e. The molecule has 5 nitrogen and oxygen atoms in total. The summed E-state index contributed by atoms with van der Waals surface area (Å²) in [7, 11) is 0. The predicted molar refractivity (Wildman–Crippen MR) is 109 cm³/mol. The molecule has 0 saturated carbocycles. The van der Waals surface area contributed by atoms with Crippen molar-refractivity contribution < 1.29 is 4.79 Å². The lowest BCUT2D eigenvalue weighted by Crippen LogP contribution is -2.40. The van der Waals surface area contributed by atoms with Crippen LogP contribution in [-0.2, 0) is 11.3 Å². The molecule has 0 spiro atoms. The smallest absolute Gasteiger partial charge is 0.230 e. The zero-order valence-electron chi connectivity index (χ0n) is 14.9. The van der Waals surface area contributed by atoms with Crippen LogP contribution in [0.2, 0.25) is 5.02 Å². The molecule has 0 radical (unpaired) electrons. The second-order valence-electron chi connectivity index (χ2n) is 6.69. The molecule has 0 aliphatic carbocycles. The number of hydrogen-bond acceptors (Lipinski definition) is 6. The Bertz CT molecular complexity index is 752. The van der Waals surface area contributed by atoms with Crippen molar-refractivity contribution >= 4 is 45.7 Å². The highest BCUT2D eigenvalue weighted by Gasteiger charge is 2.27. The summed E-state index contributed by atoms with van der Waals surface area (Å²) in [5, 5.41) is 13.0. The third-order valence-electron chi connectivity index (χ3n) is 4.20. The molecule has 2 heterocycles. The fourth-order valence-corrected chi connectivity index (χ4v) is 5.17. The Kier molecular flexibility index (Phi) is 6.92. The lowest BCUT2D eigenvalue weighted by molar-refractivity contribution is -0.121. The van der Waals surface area contributed by atoms with Crippen molar-refractivity contribution in [2.24, 2.45) is 5.92 Å². The summed E-state index contributed by atoms with van der Waals surface area (Å²) >= 11 is 9.36. The van der Waals surface area contributed by atoms with Gasteiger partial charge in [0.1, 0.15) is 0 Å². The van der Waals surface area contributed by atoms with E-state index in [0.717, 1.165) is 47.4 Å². The molecule has 0 unspecified atom stereocenters. The topological polar surface area (TPSA) is 58.1 Å². The molecule has 1 fully saturated rings. The second kappa shape index (κ2) is 9.17. The first-order valence-corrected chi connectivity index (χ1v) is 10.9. The summed E-state index contributed by atoms with van der Waals surface area (Å²) in [6.45, 7) is 6.73. The van der Waals surface area contributed by atoms with Crippen molar-refractivity contribution in [1.29, 1.82) is 0 Å². The number of benzene rings is 1. The Morgan fingerprint density at radius 1 is 1.42 bits per heavy atom. The molecule has 1 aromatic heterocycles. The summed E-state index contributed by atoms with van der Waals surface area (Å²) in [4.78, 5) is 14.9. The normalized spacial score (nSPS) is 18.2. The molecule has 1 N–H and O–H groups in total. The van der Waals surface area contributed by atoms with Crippen LogP contribution in [0.1, 0.15) is 32.3 Å². The van der Waals surface area contributed by atoms with Crippen LogP contribution in [0.3, 0.4) is 0 Å². The fraction of sp³-hybridized carbons (Fsp3) is 0.500. The Hall–Kier alpha value is -1.15. The number of piperidine rings is 1. The van der Waals surface area contributed by atoms with Gasteiger partial charge in [-0.1, -0.05) is 66.7 Å². The highest BCUT2D eigenvalue weighted by molar-refractivity contribution is 8.01. The minimum absolute atomic E-state index is 0.0312. The van der Waals surface area contributed by atoms with Gasteiger partial charge in [-0.25, -0.2) is 0 Å². The first-order valence-electron chi connectivity index (χ1n) is 8.78. The molecule has 26 heavy (non-hydrogen) atoms. The lowest BCUT2D eigenvalue weighted by atomic mass is 9.97. The minimum Gasteiger partial charge on any atom is -0.300 e. The number of anilines is 1. The van der Waals surface area contributed by atoms with Crippen molar-refractivity contribution in [1.82, 2.24) is 15.1 Å². The van der Waals surface area contributed by atoms with E-state index in [1.165, 1.54) is 11.3 Å². The number of rotatable bonds is 6. The molecule has 0 bridgehead atoms. The number of thioether (sulfide) groups is 1. The number of carbonyl (C=O) groups excluding carboxylic acids is 1. The molecule has 8 heteroatoms. The molecular weight excluding hydrogens is 388 g/mol. The number of nitrogens with one attached hydrogen (secondary N) is 1. The molecule has 1 aromatic carbocycles. The number of halogens is 1. The maximum absolute atomic E-state index is 12.6. The standard InChI is InChI=1S/C18H23ClN4OS2/c1-12(2)25-18-22-21-17(26-18)20-16(24)14-7-5-9-23(11-14)10-13-6-3-4-8-15(13)19/h3-4,6,8,12,14H,5,7,9-11H2,1-2H3,(H,20,21,24)/t14-/m1/s1. The molecule has 1 amide bonds. The van der Waals surface area contributed by atoms with Gasteiger partial charge in [-0.2, -0.15) is 0 Å². The molecule has 1 aliphatic heterocycles. The minimum atomic E-state index is -0.0312. The van der Waals surface area contributed by atoms with Crippen LogP contribution in [0.15, 0.2) is 28.6 Å². The van der Waals surface area contributed by atoms with Gasteiger partial charge in [-0.05, 0) is 31.0 Å². The number of amides is 1. The third-order valence-corrected chi connectivity index (χ3v) is 6.50. The Morgan fingerprint density at radius 3 is 3.00 bits per heavy atom. The van der Waals surface area contributed by atoms with Gasteiger partial charge in [0.05, 0.1) is 5.92 Å². The van der Waals surface area contributed by atoms with E-state index in [1.54, 1.807) is 11.8 Å². The van der Waals surface area contributed by atoms with Crippen LogP contribution in [0.25, 0.3) is 0 Å². The zero-order valence-corrected chi connectivity index (χ0v) is 17.3. The molecule has 1 aliphatic rings. The second-order valence-corrected chi connectivity index (χ2v) is 9.90. The monoisotopic (exact) mass is 410 g/mol. The Labute approximate surface area is 167 Å². The predicted octanol–water partition coefficient (Wildman–Crippen LogP) is 4.54. The van der Waals surface area contributed by atoms with Gasteiger partial charge in [-0.3, -0.25) is 9.69 Å². The summed E-state index contributed by atoms with van der Waals surface area (Å²) in [5.41, 5.74) is 1.11. The zero-order chi connectivity index (χ0) is 18.5. The van der Waals surface area contributed by atoms with Crippen molar-refractivity contribution in [3.8, 4) is 0 Å². The van der Waals surface area contributed by atoms with Gasteiger partial charge in [0.2, 0.25) is 11.0 Å². The van der Waals surface area contributed by atoms with E-state index in [4.69, 9.17) is 11.6 Å². The van der Waals surface area contributed by atoms with Gasteiger partial charge in [0, 0.05) is 23.4 Å². The van der Waals surface area contributed by atoms with Crippen LogP contribution >= 0.6 is 34.7 Å². The molecule has 2 aromatic rings. The van der Waals surface area contributed by atoms with Gasteiger partial charge in [-0.15, -0.1) is 10.2 Å². The summed E-state index contributed by atoms with van der Waals surface area (Å²) in [5.74, 6) is 0.00226. The summed E-state index contributed by atoms with van der Waals surface area (Å²) in [6.07, 6.45) is 1.91. The van der Waals surface area contributed by atoms with Crippen molar-refractivity contribution in [2.45, 2.75) is 42.8 Å².